The van der Waals surface area contributed by atoms with Gasteiger partial charge in [-0.3, -0.25) is 4.79 Å². The molecule has 0 aromatic heterocycles. The first-order valence-electron chi connectivity index (χ1n) is 8.51. The lowest BCUT2D eigenvalue weighted by atomic mass is 9.82. The van der Waals surface area contributed by atoms with E-state index in [1.54, 1.807) is 6.92 Å². The summed E-state index contributed by atoms with van der Waals surface area (Å²) >= 11 is 0. The average molecular weight is 328 g/mol. The third-order valence-electron chi connectivity index (χ3n) is 5.16. The summed E-state index contributed by atoms with van der Waals surface area (Å²) in [5, 5.41) is 2.96. The molecule has 5 nitrogen and oxygen atoms in total. The van der Waals surface area contributed by atoms with Crippen LogP contribution in [-0.2, 0) is 14.3 Å². The van der Waals surface area contributed by atoms with Crippen LogP contribution in [0.25, 0.3) is 0 Å². The van der Waals surface area contributed by atoms with E-state index in [9.17, 15) is 9.59 Å². The van der Waals surface area contributed by atoms with Gasteiger partial charge in [0.25, 0.3) is 5.91 Å². The molecular weight excluding hydrogens is 304 g/mol. The second kappa shape index (κ2) is 6.40. The van der Waals surface area contributed by atoms with Gasteiger partial charge in [0.15, 0.2) is 0 Å². The summed E-state index contributed by atoms with van der Waals surface area (Å²) in [4.78, 5) is 27.4. The maximum atomic E-state index is 12.9. The van der Waals surface area contributed by atoms with E-state index in [1.165, 1.54) is 0 Å². The van der Waals surface area contributed by atoms with Gasteiger partial charge in [-0.1, -0.05) is 25.1 Å². The molecule has 128 valence electrons. The van der Waals surface area contributed by atoms with Crippen LogP contribution in [0, 0.1) is 6.92 Å². The van der Waals surface area contributed by atoms with Gasteiger partial charge in [-0.05, 0) is 32.0 Å². The van der Waals surface area contributed by atoms with Crippen LogP contribution < -0.4 is 5.32 Å². The molecular formula is C19H24N2O3. The van der Waals surface area contributed by atoms with Gasteiger partial charge >= 0.3 is 5.97 Å². The van der Waals surface area contributed by atoms with Gasteiger partial charge in [0.2, 0.25) is 0 Å². The standard InChI is InChI=1S/C19H24N2O3/c1-4-21-11-9-19(10-12-21)16(14(3)18(23)24-19)17(22)20-15-8-6-5-7-13(15)2/h5-8H,4,9-12H2,1-3H3,(H,20,22). The minimum atomic E-state index is -0.764. The van der Waals surface area contributed by atoms with Gasteiger partial charge < -0.3 is 15.0 Å². The molecule has 1 saturated heterocycles. The van der Waals surface area contributed by atoms with Gasteiger partial charge in [-0.15, -0.1) is 0 Å². The lowest BCUT2D eigenvalue weighted by molar-refractivity contribution is -0.150. The Hall–Kier alpha value is -2.14. The molecule has 1 aromatic rings. The van der Waals surface area contributed by atoms with Gasteiger partial charge in [0, 0.05) is 37.2 Å². The number of aryl methyl sites for hydroxylation is 1. The highest BCUT2D eigenvalue weighted by atomic mass is 16.6. The topological polar surface area (TPSA) is 58.6 Å². The number of anilines is 1. The highest BCUT2D eigenvalue weighted by molar-refractivity contribution is 6.12. The Labute approximate surface area is 142 Å². The summed E-state index contributed by atoms with van der Waals surface area (Å²) in [7, 11) is 0. The molecule has 5 heteroatoms. The summed E-state index contributed by atoms with van der Waals surface area (Å²) in [6.07, 6.45) is 1.33. The van der Waals surface area contributed by atoms with E-state index in [4.69, 9.17) is 4.74 Å². The van der Waals surface area contributed by atoms with Crippen molar-refractivity contribution in [1.29, 1.82) is 0 Å². The van der Waals surface area contributed by atoms with Crippen LogP contribution in [0.4, 0.5) is 5.69 Å². The number of amides is 1. The largest absolute Gasteiger partial charge is 0.450 e. The lowest BCUT2D eigenvalue weighted by Gasteiger charge is -2.39. The van der Waals surface area contributed by atoms with E-state index in [0.29, 0.717) is 24.0 Å². The maximum absolute atomic E-state index is 12.9. The summed E-state index contributed by atoms with van der Waals surface area (Å²) in [6, 6.07) is 7.63. The van der Waals surface area contributed by atoms with E-state index >= 15 is 0 Å². The molecule has 1 amide bonds. The zero-order valence-electron chi connectivity index (χ0n) is 14.5. The van der Waals surface area contributed by atoms with Crippen LogP contribution in [0.1, 0.15) is 32.3 Å². The first-order chi connectivity index (χ1) is 11.5. The molecule has 2 heterocycles. The van der Waals surface area contributed by atoms with Crippen LogP contribution in [0.5, 0.6) is 0 Å². The van der Waals surface area contributed by atoms with E-state index in [1.807, 2.05) is 31.2 Å². The van der Waals surface area contributed by atoms with Crippen molar-refractivity contribution in [2.24, 2.45) is 0 Å². The van der Waals surface area contributed by atoms with Crippen LogP contribution >= 0.6 is 0 Å². The summed E-state index contributed by atoms with van der Waals surface area (Å²) in [5.74, 6) is -0.590. The number of piperidine rings is 1. The summed E-state index contributed by atoms with van der Waals surface area (Å²) in [6.45, 7) is 8.39. The molecule has 0 atom stereocenters. The number of benzene rings is 1. The number of nitrogens with zero attached hydrogens (tertiary/aromatic N) is 1. The normalized spacial score (nSPS) is 20.4. The van der Waals surface area contributed by atoms with Crippen LogP contribution in [0.3, 0.4) is 0 Å². The Morgan fingerprint density at radius 2 is 1.92 bits per heavy atom. The number of likely N-dealkylation sites (tertiary alicyclic amines) is 1. The SMILES string of the molecule is CCN1CCC2(CC1)OC(=O)C(C)=C2C(=O)Nc1ccccc1C. The second-order valence-electron chi connectivity index (χ2n) is 6.59. The fourth-order valence-corrected chi connectivity index (χ4v) is 3.61. The highest BCUT2D eigenvalue weighted by Crippen LogP contribution is 2.41. The number of hydrogen-bond acceptors (Lipinski definition) is 4. The molecule has 1 aromatic carbocycles. The average Bonchev–Trinajstić information content (AvgIpc) is 2.81. The number of esters is 1. The number of nitrogens with one attached hydrogen (secondary N) is 1. The number of carbonyl (C=O) groups is 2. The van der Waals surface area contributed by atoms with E-state index in [-0.39, 0.29) is 11.9 Å². The quantitative estimate of drug-likeness (QED) is 0.867. The molecule has 0 bridgehead atoms. The zero-order valence-corrected chi connectivity index (χ0v) is 14.5. The molecule has 1 N–H and O–H groups in total. The number of hydrogen-bond donors (Lipinski definition) is 1. The fourth-order valence-electron chi connectivity index (χ4n) is 3.61. The predicted octanol–water partition coefficient (Wildman–Crippen LogP) is 2.66. The molecule has 3 rings (SSSR count). The predicted molar refractivity (Wildman–Crippen MR) is 92.7 cm³/mol. The molecule has 2 aliphatic rings. The van der Waals surface area contributed by atoms with Crippen molar-refractivity contribution in [3.05, 3.63) is 41.0 Å². The maximum Gasteiger partial charge on any atom is 0.335 e. The molecule has 0 aliphatic carbocycles. The summed E-state index contributed by atoms with van der Waals surface area (Å²) in [5.41, 5.74) is 1.93. The molecule has 24 heavy (non-hydrogen) atoms. The van der Waals surface area contributed by atoms with E-state index < -0.39 is 5.60 Å². The molecule has 1 fully saturated rings. The summed E-state index contributed by atoms with van der Waals surface area (Å²) < 4.78 is 5.70. The van der Waals surface area contributed by atoms with Crippen molar-refractivity contribution in [3.8, 4) is 0 Å². The Morgan fingerprint density at radius 3 is 2.54 bits per heavy atom. The van der Waals surface area contributed by atoms with Gasteiger partial charge in [0.1, 0.15) is 5.60 Å². The van der Waals surface area contributed by atoms with Gasteiger partial charge in [0.05, 0.1) is 5.57 Å². The Balaban J connectivity index is 1.87. The van der Waals surface area contributed by atoms with Crippen molar-refractivity contribution in [3.63, 3.8) is 0 Å². The van der Waals surface area contributed by atoms with Crippen molar-refractivity contribution in [1.82, 2.24) is 4.90 Å². The Kier molecular flexibility index (Phi) is 4.45. The van der Waals surface area contributed by atoms with Crippen molar-refractivity contribution in [2.45, 2.75) is 39.2 Å². The monoisotopic (exact) mass is 328 g/mol. The number of para-hydroxylation sites is 1. The first kappa shape index (κ1) is 16.7. The van der Waals surface area contributed by atoms with Crippen molar-refractivity contribution in [2.75, 3.05) is 25.0 Å². The second-order valence-corrected chi connectivity index (χ2v) is 6.59. The smallest absolute Gasteiger partial charge is 0.335 e. The molecule has 2 aliphatic heterocycles. The van der Waals surface area contributed by atoms with Crippen LogP contribution in [-0.4, -0.2) is 42.0 Å². The number of rotatable bonds is 3. The third kappa shape index (κ3) is 2.84. The van der Waals surface area contributed by atoms with Gasteiger partial charge in [-0.2, -0.15) is 0 Å². The van der Waals surface area contributed by atoms with Gasteiger partial charge in [-0.25, -0.2) is 4.79 Å². The number of carbonyl (C=O) groups excluding carboxylic acids is 2. The van der Waals surface area contributed by atoms with Crippen LogP contribution in [0.2, 0.25) is 0 Å². The molecule has 0 saturated carbocycles. The van der Waals surface area contributed by atoms with Crippen molar-refractivity contribution >= 4 is 17.6 Å². The zero-order chi connectivity index (χ0) is 17.3. The first-order valence-corrected chi connectivity index (χ1v) is 8.51. The Morgan fingerprint density at radius 1 is 1.25 bits per heavy atom. The lowest BCUT2D eigenvalue weighted by Crippen LogP contribution is -2.47. The fraction of sp³-hybridized carbons (Fsp3) is 0.474. The third-order valence-corrected chi connectivity index (χ3v) is 5.16. The van der Waals surface area contributed by atoms with Crippen molar-refractivity contribution < 1.29 is 14.3 Å². The van der Waals surface area contributed by atoms with E-state index in [2.05, 4.69) is 17.1 Å². The molecule has 0 radical (unpaired) electrons. The van der Waals surface area contributed by atoms with Crippen LogP contribution in [0.15, 0.2) is 35.4 Å². The minimum Gasteiger partial charge on any atom is -0.450 e. The van der Waals surface area contributed by atoms with E-state index in [0.717, 1.165) is 30.9 Å². The number of ether oxygens (including phenoxy) is 1. The molecule has 0 unspecified atom stereocenters. The molecule has 1 spiro atoms. The Bertz CT molecular complexity index is 700. The minimum absolute atomic E-state index is 0.224. The highest BCUT2D eigenvalue weighted by Gasteiger charge is 2.50.